The van der Waals surface area contributed by atoms with Crippen LogP contribution in [0.15, 0.2) is 42.5 Å². The van der Waals surface area contributed by atoms with Crippen LogP contribution in [0.5, 0.6) is 11.5 Å². The van der Waals surface area contributed by atoms with Gasteiger partial charge in [0.1, 0.15) is 23.6 Å². The third kappa shape index (κ3) is 5.39. The number of amides is 3. The maximum atomic E-state index is 13.0. The number of carbonyl (C=O) groups excluding carboxylic acids is 3. The van der Waals surface area contributed by atoms with Crippen molar-refractivity contribution < 1.29 is 37.0 Å². The molecule has 8 nitrogen and oxygen atoms in total. The van der Waals surface area contributed by atoms with Crippen LogP contribution in [0.25, 0.3) is 0 Å². The van der Waals surface area contributed by atoms with E-state index in [1.807, 2.05) is 6.07 Å². The van der Waals surface area contributed by atoms with Crippen molar-refractivity contribution in [3.63, 3.8) is 0 Å². The van der Waals surface area contributed by atoms with Gasteiger partial charge in [-0.05, 0) is 67.1 Å². The van der Waals surface area contributed by atoms with Crippen LogP contribution in [-0.2, 0) is 16.1 Å². The number of nitrogens with zero attached hydrogens (tertiary/aromatic N) is 2. The van der Waals surface area contributed by atoms with Gasteiger partial charge in [-0.1, -0.05) is 18.6 Å². The summed E-state index contributed by atoms with van der Waals surface area (Å²) in [4.78, 5) is 40.8. The number of nitrogens with one attached hydrogen (secondary N) is 1. The van der Waals surface area contributed by atoms with Crippen molar-refractivity contribution in [3.05, 3.63) is 59.2 Å². The molecule has 11 heteroatoms. The van der Waals surface area contributed by atoms with E-state index in [1.165, 1.54) is 17.0 Å². The van der Waals surface area contributed by atoms with Gasteiger partial charge in [0.2, 0.25) is 11.8 Å². The van der Waals surface area contributed by atoms with Gasteiger partial charge in [-0.3, -0.25) is 24.6 Å². The van der Waals surface area contributed by atoms with Crippen LogP contribution in [0.1, 0.15) is 65.9 Å². The minimum atomic E-state index is -4.70. The number of rotatable bonds is 6. The molecule has 1 unspecified atom stereocenters. The molecule has 3 heterocycles. The van der Waals surface area contributed by atoms with E-state index in [0.717, 1.165) is 49.9 Å². The topological polar surface area (TPSA) is 88.2 Å². The van der Waals surface area contributed by atoms with Crippen LogP contribution < -0.4 is 14.8 Å². The number of carbonyl (C=O) groups is 3. The summed E-state index contributed by atoms with van der Waals surface area (Å²) in [7, 11) is 0. The van der Waals surface area contributed by atoms with E-state index in [9.17, 15) is 27.6 Å². The first-order chi connectivity index (χ1) is 19.1. The van der Waals surface area contributed by atoms with E-state index in [1.54, 1.807) is 24.3 Å². The molecule has 40 heavy (non-hydrogen) atoms. The lowest BCUT2D eigenvalue weighted by atomic mass is 9.84. The van der Waals surface area contributed by atoms with Gasteiger partial charge in [0.25, 0.3) is 5.91 Å². The van der Waals surface area contributed by atoms with E-state index in [2.05, 4.69) is 15.0 Å². The average Bonchev–Trinajstić information content (AvgIpc) is 3.19. The maximum absolute atomic E-state index is 13.0. The van der Waals surface area contributed by atoms with Crippen molar-refractivity contribution in [2.45, 2.75) is 75.5 Å². The number of hydrogen-bond acceptors (Lipinski definition) is 6. The van der Waals surface area contributed by atoms with Crippen molar-refractivity contribution in [1.82, 2.24) is 15.1 Å². The minimum absolute atomic E-state index is 0.0151. The number of likely N-dealkylation sites (tertiary alicyclic amines) is 1. The molecule has 0 radical (unpaired) electrons. The van der Waals surface area contributed by atoms with Gasteiger partial charge in [-0.25, -0.2) is 0 Å². The number of piperidine rings is 1. The molecule has 2 saturated heterocycles. The van der Waals surface area contributed by atoms with E-state index in [-0.39, 0.29) is 42.0 Å². The van der Waals surface area contributed by atoms with Gasteiger partial charge in [0.15, 0.2) is 0 Å². The third-order valence-corrected chi connectivity index (χ3v) is 8.41. The number of ether oxygens (including phenoxy) is 2. The van der Waals surface area contributed by atoms with Crippen LogP contribution in [0.2, 0.25) is 0 Å². The monoisotopic (exact) mass is 557 g/mol. The van der Waals surface area contributed by atoms with Gasteiger partial charge >= 0.3 is 6.36 Å². The normalized spacial score (nSPS) is 25.8. The van der Waals surface area contributed by atoms with Crippen LogP contribution in [0.3, 0.4) is 0 Å². The standard InChI is InChI=1S/C29H30F3N3O5/c30-29(31,32)40-20-7-5-17(6-8-20)19-14-34(15-19)23-3-1-2-4-25(23)39-21-9-10-22-18(13-21)16-35(28(22)38)24-11-12-26(36)33-27(24)37/h5-10,13,19,23-25H,1-4,11-12,14-16H2,(H,33,36,37)/t23-,24?,25+/m1/s1. The predicted molar refractivity (Wildman–Crippen MR) is 137 cm³/mol. The lowest BCUT2D eigenvalue weighted by Gasteiger charge is -2.48. The molecule has 0 aromatic heterocycles. The summed E-state index contributed by atoms with van der Waals surface area (Å²) in [5, 5.41) is 2.32. The molecule has 3 amide bonds. The fourth-order valence-corrected chi connectivity index (χ4v) is 6.37. The molecule has 2 aromatic carbocycles. The Morgan fingerprint density at radius 2 is 1.62 bits per heavy atom. The third-order valence-electron chi connectivity index (χ3n) is 8.41. The molecule has 3 atom stereocenters. The van der Waals surface area contributed by atoms with Crippen LogP contribution in [-0.4, -0.2) is 65.2 Å². The second-order valence-electron chi connectivity index (χ2n) is 11.0. The molecule has 1 saturated carbocycles. The molecule has 6 rings (SSSR count). The summed E-state index contributed by atoms with van der Waals surface area (Å²) >= 11 is 0. The molecule has 3 aliphatic heterocycles. The van der Waals surface area contributed by atoms with Crippen molar-refractivity contribution in [2.24, 2.45) is 0 Å². The van der Waals surface area contributed by atoms with Crippen molar-refractivity contribution >= 4 is 17.7 Å². The summed E-state index contributed by atoms with van der Waals surface area (Å²) in [6.45, 7) is 1.92. The minimum Gasteiger partial charge on any atom is -0.489 e. The average molecular weight is 558 g/mol. The highest BCUT2D eigenvalue weighted by atomic mass is 19.4. The molecule has 0 spiro atoms. The second kappa shape index (κ2) is 10.4. The summed E-state index contributed by atoms with van der Waals surface area (Å²) in [5.74, 6) is -0.249. The summed E-state index contributed by atoms with van der Waals surface area (Å²) in [6, 6.07) is 11.1. The molecular weight excluding hydrogens is 527 g/mol. The zero-order valence-corrected chi connectivity index (χ0v) is 21.8. The van der Waals surface area contributed by atoms with Gasteiger partial charge in [0, 0.05) is 43.6 Å². The van der Waals surface area contributed by atoms with Crippen molar-refractivity contribution in [1.29, 1.82) is 0 Å². The quantitative estimate of drug-likeness (QED) is 0.538. The number of benzene rings is 2. The summed E-state index contributed by atoms with van der Waals surface area (Å²) < 4.78 is 47.8. The Morgan fingerprint density at radius 1 is 0.900 bits per heavy atom. The van der Waals surface area contributed by atoms with E-state index < -0.39 is 18.3 Å². The number of halogens is 3. The molecule has 1 N–H and O–H groups in total. The molecule has 0 bridgehead atoms. The fourth-order valence-electron chi connectivity index (χ4n) is 6.37. The van der Waals surface area contributed by atoms with Crippen molar-refractivity contribution in [2.75, 3.05) is 13.1 Å². The van der Waals surface area contributed by atoms with Gasteiger partial charge in [-0.2, -0.15) is 0 Å². The van der Waals surface area contributed by atoms with Gasteiger partial charge in [-0.15, -0.1) is 13.2 Å². The predicted octanol–water partition coefficient (Wildman–Crippen LogP) is 4.14. The van der Waals surface area contributed by atoms with Crippen LogP contribution >= 0.6 is 0 Å². The molecule has 4 aliphatic rings. The Morgan fingerprint density at radius 3 is 2.35 bits per heavy atom. The van der Waals surface area contributed by atoms with E-state index >= 15 is 0 Å². The number of hydrogen-bond donors (Lipinski definition) is 1. The first-order valence-electron chi connectivity index (χ1n) is 13.7. The fraction of sp³-hybridized carbons (Fsp3) is 0.483. The first-order valence-corrected chi connectivity index (χ1v) is 13.7. The highest BCUT2D eigenvalue weighted by Gasteiger charge is 2.41. The Labute approximate surface area is 229 Å². The SMILES string of the molecule is O=C1CCC(N2Cc3cc(O[C@H]4CCCC[C@H]4N4CC(c5ccc(OC(F)(F)F)cc5)C4)ccc3C2=O)C(=O)N1. The highest BCUT2D eigenvalue weighted by molar-refractivity contribution is 6.05. The molecule has 2 aromatic rings. The number of imide groups is 1. The van der Waals surface area contributed by atoms with E-state index in [4.69, 9.17) is 4.74 Å². The zero-order valence-electron chi connectivity index (χ0n) is 21.8. The second-order valence-corrected chi connectivity index (χ2v) is 11.0. The Bertz CT molecular complexity index is 1310. The molecule has 212 valence electrons. The van der Waals surface area contributed by atoms with Crippen LogP contribution in [0.4, 0.5) is 13.2 Å². The Kier molecular flexibility index (Phi) is 6.93. The molecular formula is C29H30F3N3O5. The van der Waals surface area contributed by atoms with E-state index in [0.29, 0.717) is 24.3 Å². The zero-order chi connectivity index (χ0) is 28.0. The van der Waals surface area contributed by atoms with Crippen molar-refractivity contribution in [3.8, 4) is 11.5 Å². The largest absolute Gasteiger partial charge is 0.573 e. The Hall–Kier alpha value is -3.60. The lowest BCUT2D eigenvalue weighted by Crippen LogP contribution is -2.57. The van der Waals surface area contributed by atoms with Crippen LogP contribution in [0, 0.1) is 0 Å². The number of alkyl halides is 3. The highest BCUT2D eigenvalue weighted by Crippen LogP contribution is 2.37. The van der Waals surface area contributed by atoms with Gasteiger partial charge < -0.3 is 14.4 Å². The lowest BCUT2D eigenvalue weighted by molar-refractivity contribution is -0.274. The summed E-state index contributed by atoms with van der Waals surface area (Å²) in [6.07, 6.45) is -0.107. The smallest absolute Gasteiger partial charge is 0.489 e. The first kappa shape index (κ1) is 26.6. The van der Waals surface area contributed by atoms with Gasteiger partial charge in [0.05, 0.1) is 0 Å². The molecule has 1 aliphatic carbocycles. The number of fused-ring (bicyclic) bond motifs is 1. The molecule has 3 fully saturated rings. The maximum Gasteiger partial charge on any atom is 0.573 e. The summed E-state index contributed by atoms with van der Waals surface area (Å²) in [5.41, 5.74) is 2.35. The Balaban J connectivity index is 1.08.